The van der Waals surface area contributed by atoms with Gasteiger partial charge >= 0.3 is 0 Å². The average Bonchev–Trinajstić information content (AvgIpc) is 2.73. The summed E-state index contributed by atoms with van der Waals surface area (Å²) in [7, 11) is 0. The van der Waals surface area contributed by atoms with Crippen molar-refractivity contribution in [1.82, 2.24) is 10.2 Å². The standard InChI is InChI=1S/C12H10ClN3O/c13-8-3-1-7(2-4-8)11-9-5-6-10(17)14-12(9)16-15-11/h1-4H,5-6H2,(H2,14,15,16,17). The molecule has 0 saturated carbocycles. The van der Waals surface area contributed by atoms with Crippen molar-refractivity contribution >= 4 is 23.3 Å². The van der Waals surface area contributed by atoms with E-state index < -0.39 is 0 Å². The number of halogens is 1. The largest absolute Gasteiger partial charge is 0.309 e. The molecule has 0 fully saturated rings. The molecule has 1 aliphatic heterocycles. The van der Waals surface area contributed by atoms with Gasteiger partial charge in [-0.3, -0.25) is 9.89 Å². The zero-order valence-corrected chi connectivity index (χ0v) is 9.71. The fourth-order valence-corrected chi connectivity index (χ4v) is 2.13. The van der Waals surface area contributed by atoms with Crippen molar-refractivity contribution in [3.05, 3.63) is 34.9 Å². The number of nitrogens with one attached hydrogen (secondary N) is 2. The fourth-order valence-electron chi connectivity index (χ4n) is 2.00. The van der Waals surface area contributed by atoms with Crippen molar-refractivity contribution < 1.29 is 4.79 Å². The minimum atomic E-state index is 0.0201. The van der Waals surface area contributed by atoms with Gasteiger partial charge in [-0.05, 0) is 24.1 Å². The number of benzene rings is 1. The number of H-pyrrole nitrogens is 1. The van der Waals surface area contributed by atoms with Crippen molar-refractivity contribution in [3.63, 3.8) is 0 Å². The maximum absolute atomic E-state index is 11.2. The second kappa shape index (κ2) is 3.89. The first kappa shape index (κ1) is 10.4. The quantitative estimate of drug-likeness (QED) is 0.814. The van der Waals surface area contributed by atoms with Gasteiger partial charge in [0.25, 0.3) is 0 Å². The Hall–Kier alpha value is -1.81. The molecule has 17 heavy (non-hydrogen) atoms. The van der Waals surface area contributed by atoms with E-state index in [0.29, 0.717) is 17.3 Å². The number of carbonyl (C=O) groups excluding carboxylic acids is 1. The Morgan fingerprint density at radius 1 is 1.18 bits per heavy atom. The number of carbonyl (C=O) groups is 1. The lowest BCUT2D eigenvalue weighted by Crippen LogP contribution is -2.18. The molecule has 5 heteroatoms. The molecule has 0 bridgehead atoms. The molecule has 0 radical (unpaired) electrons. The van der Waals surface area contributed by atoms with Crippen LogP contribution in [-0.2, 0) is 11.2 Å². The molecule has 2 aromatic rings. The van der Waals surface area contributed by atoms with Crippen LogP contribution in [0.2, 0.25) is 5.02 Å². The minimum absolute atomic E-state index is 0.0201. The van der Waals surface area contributed by atoms with Gasteiger partial charge in [0.05, 0.1) is 5.69 Å². The number of hydrogen-bond acceptors (Lipinski definition) is 2. The summed E-state index contributed by atoms with van der Waals surface area (Å²) < 4.78 is 0. The van der Waals surface area contributed by atoms with E-state index in [1.165, 1.54) is 0 Å². The van der Waals surface area contributed by atoms with Gasteiger partial charge in [-0.2, -0.15) is 5.10 Å². The van der Waals surface area contributed by atoms with E-state index in [4.69, 9.17) is 11.6 Å². The molecule has 0 aliphatic carbocycles. The minimum Gasteiger partial charge on any atom is -0.309 e. The van der Waals surface area contributed by atoms with Crippen LogP contribution in [0, 0.1) is 0 Å². The molecule has 0 atom stereocenters. The first-order chi connectivity index (χ1) is 8.24. The summed E-state index contributed by atoms with van der Waals surface area (Å²) in [6.07, 6.45) is 1.22. The fraction of sp³-hybridized carbons (Fsp3) is 0.167. The summed E-state index contributed by atoms with van der Waals surface area (Å²) in [5.41, 5.74) is 3.04. The van der Waals surface area contributed by atoms with Gasteiger partial charge in [-0.25, -0.2) is 0 Å². The third-order valence-corrected chi connectivity index (χ3v) is 3.11. The van der Waals surface area contributed by atoms with Gasteiger partial charge in [0.1, 0.15) is 0 Å². The van der Waals surface area contributed by atoms with E-state index in [0.717, 1.165) is 23.2 Å². The third-order valence-electron chi connectivity index (χ3n) is 2.86. The molecular formula is C12H10ClN3O. The first-order valence-electron chi connectivity index (χ1n) is 5.37. The summed E-state index contributed by atoms with van der Waals surface area (Å²) >= 11 is 5.85. The molecule has 1 amide bonds. The predicted molar refractivity (Wildman–Crippen MR) is 66.0 cm³/mol. The summed E-state index contributed by atoms with van der Waals surface area (Å²) in [5, 5.41) is 10.5. The Labute approximate surface area is 103 Å². The maximum Gasteiger partial charge on any atom is 0.225 e. The molecule has 1 aliphatic rings. The highest BCUT2D eigenvalue weighted by Crippen LogP contribution is 2.30. The van der Waals surface area contributed by atoms with Gasteiger partial charge in [0.2, 0.25) is 5.91 Å². The van der Waals surface area contributed by atoms with Crippen molar-refractivity contribution in [2.75, 3.05) is 5.32 Å². The zero-order chi connectivity index (χ0) is 11.8. The number of aromatic nitrogens is 2. The molecule has 0 spiro atoms. The van der Waals surface area contributed by atoms with Crippen LogP contribution >= 0.6 is 11.6 Å². The second-order valence-corrected chi connectivity index (χ2v) is 4.42. The number of nitrogens with zero attached hydrogens (tertiary/aromatic N) is 1. The number of hydrogen-bond donors (Lipinski definition) is 2. The second-order valence-electron chi connectivity index (χ2n) is 3.98. The summed E-state index contributed by atoms with van der Waals surface area (Å²) in [6, 6.07) is 7.55. The van der Waals surface area contributed by atoms with E-state index in [2.05, 4.69) is 15.5 Å². The van der Waals surface area contributed by atoms with E-state index >= 15 is 0 Å². The summed E-state index contributed by atoms with van der Waals surface area (Å²) in [5.74, 6) is 0.665. The van der Waals surface area contributed by atoms with E-state index in [-0.39, 0.29) is 5.91 Å². The number of fused-ring (bicyclic) bond motifs is 1. The molecule has 3 rings (SSSR count). The molecule has 1 aromatic carbocycles. The zero-order valence-electron chi connectivity index (χ0n) is 8.96. The number of rotatable bonds is 1. The van der Waals surface area contributed by atoms with Crippen LogP contribution in [-0.4, -0.2) is 16.1 Å². The molecule has 86 valence electrons. The van der Waals surface area contributed by atoms with Crippen LogP contribution in [0.5, 0.6) is 0 Å². The molecule has 2 N–H and O–H groups in total. The topological polar surface area (TPSA) is 57.8 Å². The van der Waals surface area contributed by atoms with E-state index in [1.807, 2.05) is 24.3 Å². The molecule has 1 aromatic heterocycles. The highest BCUT2D eigenvalue weighted by molar-refractivity contribution is 6.30. The number of anilines is 1. The van der Waals surface area contributed by atoms with Gasteiger partial charge in [0, 0.05) is 17.0 Å². The maximum atomic E-state index is 11.2. The molecule has 4 nitrogen and oxygen atoms in total. The van der Waals surface area contributed by atoms with Crippen LogP contribution in [0.3, 0.4) is 0 Å². The normalized spacial score (nSPS) is 14.3. The molecule has 0 saturated heterocycles. The van der Waals surface area contributed by atoms with Gasteiger partial charge in [0.15, 0.2) is 5.82 Å². The number of aromatic amines is 1. The van der Waals surface area contributed by atoms with Crippen LogP contribution in [0.1, 0.15) is 12.0 Å². The Kier molecular flexibility index (Phi) is 2.37. The van der Waals surface area contributed by atoms with Gasteiger partial charge in [-0.1, -0.05) is 23.7 Å². The lowest BCUT2D eigenvalue weighted by Gasteiger charge is -2.11. The van der Waals surface area contributed by atoms with Gasteiger partial charge in [-0.15, -0.1) is 0 Å². The molecule has 2 heterocycles. The predicted octanol–water partition coefficient (Wildman–Crippen LogP) is 2.61. The summed E-state index contributed by atoms with van der Waals surface area (Å²) in [6.45, 7) is 0. The third kappa shape index (κ3) is 1.80. The smallest absolute Gasteiger partial charge is 0.225 e. The van der Waals surface area contributed by atoms with Crippen molar-refractivity contribution in [1.29, 1.82) is 0 Å². The Balaban J connectivity index is 2.05. The lowest BCUT2D eigenvalue weighted by molar-refractivity contribution is -0.116. The van der Waals surface area contributed by atoms with Crippen molar-refractivity contribution in [3.8, 4) is 11.3 Å². The van der Waals surface area contributed by atoms with Crippen molar-refractivity contribution in [2.45, 2.75) is 12.8 Å². The lowest BCUT2D eigenvalue weighted by atomic mass is 10.0. The Morgan fingerprint density at radius 3 is 2.71 bits per heavy atom. The van der Waals surface area contributed by atoms with Crippen LogP contribution < -0.4 is 5.32 Å². The van der Waals surface area contributed by atoms with Crippen LogP contribution in [0.15, 0.2) is 24.3 Å². The Bertz CT molecular complexity index is 574. The van der Waals surface area contributed by atoms with E-state index in [1.54, 1.807) is 0 Å². The molecule has 0 unspecified atom stereocenters. The monoisotopic (exact) mass is 247 g/mol. The SMILES string of the molecule is O=C1CCc2c(n[nH]c2-c2ccc(Cl)cc2)N1. The highest BCUT2D eigenvalue weighted by atomic mass is 35.5. The van der Waals surface area contributed by atoms with Crippen LogP contribution in [0.4, 0.5) is 5.82 Å². The summed E-state index contributed by atoms with van der Waals surface area (Å²) in [4.78, 5) is 11.2. The highest BCUT2D eigenvalue weighted by Gasteiger charge is 2.21. The Morgan fingerprint density at radius 2 is 1.94 bits per heavy atom. The van der Waals surface area contributed by atoms with E-state index in [9.17, 15) is 4.79 Å². The van der Waals surface area contributed by atoms with Crippen LogP contribution in [0.25, 0.3) is 11.3 Å². The molecular weight excluding hydrogens is 238 g/mol. The number of amides is 1. The average molecular weight is 248 g/mol. The van der Waals surface area contributed by atoms with Gasteiger partial charge < -0.3 is 5.32 Å². The van der Waals surface area contributed by atoms with Crippen molar-refractivity contribution in [2.24, 2.45) is 0 Å². The first-order valence-corrected chi connectivity index (χ1v) is 5.75.